The average Bonchev–Trinajstić information content (AvgIpc) is 2.94. The molecule has 1 heterocycles. The predicted molar refractivity (Wildman–Crippen MR) is 92.4 cm³/mol. The molecule has 0 atom stereocenters. The van der Waals surface area contributed by atoms with E-state index in [1.165, 1.54) is 17.1 Å². The van der Waals surface area contributed by atoms with Gasteiger partial charge < -0.3 is 15.0 Å². The number of carboxylic acids is 1. The number of carbonyl (C=O) groups is 2. The molecule has 2 N–H and O–H groups in total. The number of nitrogens with zero attached hydrogens (tertiary/aromatic N) is 2. The van der Waals surface area contributed by atoms with E-state index in [0.717, 1.165) is 16.8 Å². The van der Waals surface area contributed by atoms with Gasteiger partial charge in [-0.2, -0.15) is 0 Å². The molecular formula is C18H23N3O3. The third-order valence-corrected chi connectivity index (χ3v) is 3.89. The van der Waals surface area contributed by atoms with Crippen molar-refractivity contribution in [2.75, 3.05) is 5.32 Å². The Labute approximate surface area is 141 Å². The summed E-state index contributed by atoms with van der Waals surface area (Å²) in [6, 6.07) is 6.10. The monoisotopic (exact) mass is 329 g/mol. The summed E-state index contributed by atoms with van der Waals surface area (Å²) in [4.78, 5) is 27.2. The van der Waals surface area contributed by atoms with Gasteiger partial charge in [0, 0.05) is 5.69 Å². The Morgan fingerprint density at radius 3 is 2.50 bits per heavy atom. The molecule has 0 aliphatic rings. The van der Waals surface area contributed by atoms with Crippen LogP contribution < -0.4 is 5.32 Å². The van der Waals surface area contributed by atoms with Crippen LogP contribution in [-0.2, 0) is 11.3 Å². The summed E-state index contributed by atoms with van der Waals surface area (Å²) in [7, 11) is 0. The number of benzene rings is 1. The molecule has 1 amide bonds. The van der Waals surface area contributed by atoms with E-state index in [1.807, 2.05) is 12.1 Å². The molecular weight excluding hydrogens is 306 g/mol. The van der Waals surface area contributed by atoms with E-state index >= 15 is 0 Å². The molecule has 1 aromatic carbocycles. The van der Waals surface area contributed by atoms with E-state index in [0.29, 0.717) is 5.92 Å². The highest BCUT2D eigenvalue weighted by Gasteiger charge is 2.15. The summed E-state index contributed by atoms with van der Waals surface area (Å²) < 4.78 is 1.32. The second-order valence-electron chi connectivity index (χ2n) is 6.42. The van der Waals surface area contributed by atoms with Gasteiger partial charge in [-0.25, -0.2) is 9.78 Å². The van der Waals surface area contributed by atoms with E-state index < -0.39 is 5.97 Å². The molecule has 0 fully saturated rings. The molecule has 6 heteroatoms. The number of carboxylic acid groups (broad SMARTS) is 1. The van der Waals surface area contributed by atoms with Gasteiger partial charge in [-0.05, 0) is 29.0 Å². The van der Waals surface area contributed by atoms with Crippen LogP contribution in [0.2, 0.25) is 0 Å². The fourth-order valence-electron chi connectivity index (χ4n) is 2.51. The van der Waals surface area contributed by atoms with Gasteiger partial charge in [-0.3, -0.25) is 4.79 Å². The zero-order chi connectivity index (χ0) is 17.9. The van der Waals surface area contributed by atoms with Gasteiger partial charge in [0.1, 0.15) is 12.2 Å². The number of carbonyl (C=O) groups excluding carboxylic acids is 1. The summed E-state index contributed by atoms with van der Waals surface area (Å²) in [6.45, 7) is 8.24. The molecule has 0 bridgehead atoms. The number of rotatable bonds is 6. The van der Waals surface area contributed by atoms with Crippen molar-refractivity contribution in [3.63, 3.8) is 0 Å². The van der Waals surface area contributed by atoms with Crippen molar-refractivity contribution in [2.45, 2.75) is 46.1 Å². The van der Waals surface area contributed by atoms with Crippen LogP contribution in [0.1, 0.15) is 61.1 Å². The minimum Gasteiger partial charge on any atom is -0.477 e. The Kier molecular flexibility index (Phi) is 5.39. The molecule has 0 aliphatic carbocycles. The highest BCUT2D eigenvalue weighted by molar-refractivity contribution is 5.92. The predicted octanol–water partition coefficient (Wildman–Crippen LogP) is 3.47. The average molecular weight is 329 g/mol. The molecule has 0 spiro atoms. The van der Waals surface area contributed by atoms with Crippen LogP contribution in [-0.4, -0.2) is 26.5 Å². The summed E-state index contributed by atoms with van der Waals surface area (Å²) in [5.74, 6) is -0.762. The van der Waals surface area contributed by atoms with Crippen molar-refractivity contribution < 1.29 is 14.7 Å². The summed E-state index contributed by atoms with van der Waals surface area (Å²) >= 11 is 0. The second kappa shape index (κ2) is 7.29. The maximum Gasteiger partial charge on any atom is 0.354 e. The third-order valence-electron chi connectivity index (χ3n) is 3.89. The van der Waals surface area contributed by atoms with Gasteiger partial charge in [0.2, 0.25) is 5.91 Å². The maximum absolute atomic E-state index is 12.4. The largest absolute Gasteiger partial charge is 0.477 e. The Morgan fingerprint density at radius 1 is 1.21 bits per heavy atom. The van der Waals surface area contributed by atoms with Crippen LogP contribution in [0, 0.1) is 0 Å². The lowest BCUT2D eigenvalue weighted by Crippen LogP contribution is -2.21. The first kappa shape index (κ1) is 17.7. The standard InChI is InChI=1S/C18H23N3O3/c1-11(2)13-5-6-14(12(3)4)15(7-13)20-17(22)9-21-10-19-8-16(21)18(23)24/h5-8,10-12H,9H2,1-4H3,(H,20,22)(H,23,24). The Morgan fingerprint density at radius 2 is 1.92 bits per heavy atom. The van der Waals surface area contributed by atoms with E-state index in [9.17, 15) is 9.59 Å². The molecule has 6 nitrogen and oxygen atoms in total. The number of hydrogen-bond acceptors (Lipinski definition) is 3. The molecule has 0 radical (unpaired) electrons. The lowest BCUT2D eigenvalue weighted by Gasteiger charge is -2.17. The van der Waals surface area contributed by atoms with Crippen LogP contribution in [0.3, 0.4) is 0 Å². The third kappa shape index (κ3) is 4.01. The van der Waals surface area contributed by atoms with Crippen molar-refractivity contribution in [1.29, 1.82) is 0 Å². The fraction of sp³-hybridized carbons (Fsp3) is 0.389. The van der Waals surface area contributed by atoms with Gasteiger partial charge in [-0.1, -0.05) is 39.8 Å². The van der Waals surface area contributed by atoms with Crippen LogP contribution in [0.15, 0.2) is 30.7 Å². The first-order valence-corrected chi connectivity index (χ1v) is 7.96. The number of imidazole rings is 1. The number of aromatic carboxylic acids is 1. The van der Waals surface area contributed by atoms with Crippen LogP contribution in [0.5, 0.6) is 0 Å². The molecule has 2 rings (SSSR count). The van der Waals surface area contributed by atoms with Crippen molar-refractivity contribution in [2.24, 2.45) is 0 Å². The number of hydrogen-bond donors (Lipinski definition) is 2. The zero-order valence-corrected chi connectivity index (χ0v) is 14.4. The summed E-state index contributed by atoms with van der Waals surface area (Å²) in [6.07, 6.45) is 2.57. The number of aromatic nitrogens is 2. The molecule has 128 valence electrons. The quantitative estimate of drug-likeness (QED) is 0.850. The van der Waals surface area contributed by atoms with E-state index in [-0.39, 0.29) is 24.1 Å². The molecule has 0 saturated heterocycles. The van der Waals surface area contributed by atoms with E-state index in [1.54, 1.807) is 0 Å². The van der Waals surface area contributed by atoms with E-state index in [4.69, 9.17) is 5.11 Å². The first-order valence-electron chi connectivity index (χ1n) is 7.96. The van der Waals surface area contributed by atoms with Gasteiger partial charge in [0.15, 0.2) is 0 Å². The SMILES string of the molecule is CC(C)c1ccc(C(C)C)c(NC(=O)Cn2cncc2C(=O)O)c1. The highest BCUT2D eigenvalue weighted by atomic mass is 16.4. The van der Waals surface area contributed by atoms with Gasteiger partial charge >= 0.3 is 5.97 Å². The van der Waals surface area contributed by atoms with E-state index in [2.05, 4.69) is 44.1 Å². The minimum absolute atomic E-state index is 0.00911. The maximum atomic E-state index is 12.4. The van der Waals surface area contributed by atoms with Crippen molar-refractivity contribution in [3.05, 3.63) is 47.5 Å². The summed E-state index contributed by atoms with van der Waals surface area (Å²) in [5, 5.41) is 12.0. The Bertz CT molecular complexity index is 748. The second-order valence-corrected chi connectivity index (χ2v) is 6.42. The number of nitrogens with one attached hydrogen (secondary N) is 1. The van der Waals surface area contributed by atoms with Crippen molar-refractivity contribution in [3.8, 4) is 0 Å². The lowest BCUT2D eigenvalue weighted by molar-refractivity contribution is -0.116. The Balaban J connectivity index is 2.22. The smallest absolute Gasteiger partial charge is 0.354 e. The van der Waals surface area contributed by atoms with Crippen molar-refractivity contribution >= 4 is 17.6 Å². The van der Waals surface area contributed by atoms with Gasteiger partial charge in [0.25, 0.3) is 0 Å². The summed E-state index contributed by atoms with van der Waals surface area (Å²) in [5.41, 5.74) is 2.96. The molecule has 0 unspecified atom stereocenters. The Hall–Kier alpha value is -2.63. The van der Waals surface area contributed by atoms with Crippen molar-refractivity contribution in [1.82, 2.24) is 9.55 Å². The van der Waals surface area contributed by atoms with Crippen LogP contribution in [0.4, 0.5) is 5.69 Å². The number of amides is 1. The van der Waals surface area contributed by atoms with Crippen LogP contribution >= 0.6 is 0 Å². The molecule has 1 aromatic heterocycles. The molecule has 0 aliphatic heterocycles. The van der Waals surface area contributed by atoms with Crippen LogP contribution in [0.25, 0.3) is 0 Å². The normalized spacial score (nSPS) is 11.1. The molecule has 2 aromatic rings. The minimum atomic E-state index is -1.11. The number of anilines is 1. The molecule has 0 saturated carbocycles. The molecule has 24 heavy (non-hydrogen) atoms. The fourth-order valence-corrected chi connectivity index (χ4v) is 2.51. The highest BCUT2D eigenvalue weighted by Crippen LogP contribution is 2.28. The lowest BCUT2D eigenvalue weighted by atomic mass is 9.95. The topological polar surface area (TPSA) is 84.2 Å². The van der Waals surface area contributed by atoms with Gasteiger partial charge in [0.05, 0.1) is 12.5 Å². The zero-order valence-electron chi connectivity index (χ0n) is 14.4. The first-order chi connectivity index (χ1) is 11.3. The van der Waals surface area contributed by atoms with Gasteiger partial charge in [-0.15, -0.1) is 0 Å².